The first-order valence-electron chi connectivity index (χ1n) is 6.15. The second-order valence-corrected chi connectivity index (χ2v) is 7.01. The topological polar surface area (TPSA) is 72.2 Å². The fraction of sp³-hybridized carbons (Fsp3) is 0.143. The number of hydrogen-bond acceptors (Lipinski definition) is 3. The van der Waals surface area contributed by atoms with E-state index in [9.17, 15) is 12.8 Å². The van der Waals surface area contributed by atoms with E-state index in [1.165, 1.54) is 6.07 Å². The number of nitrogens with two attached hydrogens (primary N) is 1. The summed E-state index contributed by atoms with van der Waals surface area (Å²) in [5.41, 5.74) is 7.29. The van der Waals surface area contributed by atoms with Crippen molar-refractivity contribution in [3.63, 3.8) is 0 Å². The van der Waals surface area contributed by atoms with Crippen LogP contribution in [0.5, 0.6) is 0 Å². The lowest BCUT2D eigenvalue weighted by Gasteiger charge is -2.09. The van der Waals surface area contributed by atoms with Gasteiger partial charge in [0.1, 0.15) is 5.82 Å². The van der Waals surface area contributed by atoms with Gasteiger partial charge in [-0.2, -0.15) is 0 Å². The largest absolute Gasteiger partial charge is 0.326 e. The van der Waals surface area contributed by atoms with E-state index in [2.05, 4.69) is 20.7 Å². The van der Waals surface area contributed by atoms with Gasteiger partial charge in [-0.05, 0) is 45.3 Å². The molecule has 0 aromatic heterocycles. The van der Waals surface area contributed by atoms with Crippen LogP contribution in [0.1, 0.15) is 11.1 Å². The zero-order chi connectivity index (χ0) is 15.5. The lowest BCUT2D eigenvalue weighted by atomic mass is 10.1. The molecule has 3 N–H and O–H groups in total. The highest BCUT2D eigenvalue weighted by molar-refractivity contribution is 9.10. The Kier molecular flexibility index (Phi) is 5.10. The molecule has 2 aromatic rings. The van der Waals surface area contributed by atoms with E-state index >= 15 is 0 Å². The number of hydrogen-bond donors (Lipinski definition) is 2. The Morgan fingerprint density at radius 1 is 1.10 bits per heavy atom. The van der Waals surface area contributed by atoms with Gasteiger partial charge in [0, 0.05) is 17.6 Å². The molecule has 0 radical (unpaired) electrons. The molecule has 0 saturated heterocycles. The van der Waals surface area contributed by atoms with Crippen LogP contribution in [0.15, 0.2) is 51.8 Å². The van der Waals surface area contributed by atoms with Crippen LogP contribution in [0, 0.1) is 5.82 Å². The molecule has 0 saturated carbocycles. The maximum atomic E-state index is 13.0. The van der Waals surface area contributed by atoms with Crippen molar-refractivity contribution in [1.82, 2.24) is 4.72 Å². The molecular weight excluding hydrogens is 359 g/mol. The predicted molar refractivity (Wildman–Crippen MR) is 82.5 cm³/mol. The van der Waals surface area contributed by atoms with Crippen molar-refractivity contribution in [2.45, 2.75) is 18.0 Å². The number of sulfonamides is 1. The molecule has 4 nitrogen and oxygen atoms in total. The van der Waals surface area contributed by atoms with Gasteiger partial charge in [-0.15, -0.1) is 0 Å². The van der Waals surface area contributed by atoms with Gasteiger partial charge in [0.15, 0.2) is 0 Å². The van der Waals surface area contributed by atoms with Crippen molar-refractivity contribution in [3.05, 3.63) is 63.9 Å². The molecule has 0 unspecified atom stereocenters. The smallest absolute Gasteiger partial charge is 0.241 e. The summed E-state index contributed by atoms with van der Waals surface area (Å²) in [5.74, 6) is -0.502. The van der Waals surface area contributed by atoms with Gasteiger partial charge in [-0.1, -0.05) is 24.3 Å². The molecule has 21 heavy (non-hydrogen) atoms. The van der Waals surface area contributed by atoms with Crippen LogP contribution in [0.4, 0.5) is 4.39 Å². The number of rotatable bonds is 5. The van der Waals surface area contributed by atoms with Crippen molar-refractivity contribution < 1.29 is 12.8 Å². The Morgan fingerprint density at radius 3 is 2.29 bits per heavy atom. The van der Waals surface area contributed by atoms with Crippen molar-refractivity contribution in [3.8, 4) is 0 Å². The highest BCUT2D eigenvalue weighted by Gasteiger charge is 2.17. The Bertz CT molecular complexity index is 733. The first-order valence-corrected chi connectivity index (χ1v) is 8.42. The Morgan fingerprint density at radius 2 is 1.71 bits per heavy atom. The third-order valence-electron chi connectivity index (χ3n) is 2.91. The van der Waals surface area contributed by atoms with Gasteiger partial charge in [-0.25, -0.2) is 17.5 Å². The standard InChI is InChI=1S/C14H14BrFN2O2S/c15-13-7-12(16)5-6-14(13)21(19,20)18-9-11-3-1-10(8-17)2-4-11/h1-7,18H,8-9,17H2. The molecule has 7 heteroatoms. The van der Waals surface area contributed by atoms with Gasteiger partial charge in [0.2, 0.25) is 10.0 Å². The zero-order valence-electron chi connectivity index (χ0n) is 11.0. The van der Waals surface area contributed by atoms with Crippen LogP contribution in [0.25, 0.3) is 0 Å². The first-order chi connectivity index (χ1) is 9.92. The van der Waals surface area contributed by atoms with Gasteiger partial charge in [0.05, 0.1) is 4.90 Å². The van der Waals surface area contributed by atoms with Gasteiger partial charge >= 0.3 is 0 Å². The molecule has 0 aliphatic heterocycles. The lowest BCUT2D eigenvalue weighted by molar-refractivity contribution is 0.579. The van der Waals surface area contributed by atoms with E-state index in [1.54, 1.807) is 0 Å². The summed E-state index contributed by atoms with van der Waals surface area (Å²) in [6.45, 7) is 0.589. The fourth-order valence-corrected chi connectivity index (χ4v) is 3.81. The average Bonchev–Trinajstić information content (AvgIpc) is 2.45. The normalized spacial score (nSPS) is 11.6. The molecular formula is C14H14BrFN2O2S. The Balaban J connectivity index is 2.13. The highest BCUT2D eigenvalue weighted by Crippen LogP contribution is 2.22. The van der Waals surface area contributed by atoms with E-state index in [-0.39, 0.29) is 15.9 Å². The van der Waals surface area contributed by atoms with Crippen LogP contribution in [-0.2, 0) is 23.1 Å². The second kappa shape index (κ2) is 6.65. The average molecular weight is 373 g/mol. The lowest BCUT2D eigenvalue weighted by Crippen LogP contribution is -2.23. The molecule has 112 valence electrons. The van der Waals surface area contributed by atoms with Gasteiger partial charge < -0.3 is 5.73 Å². The van der Waals surface area contributed by atoms with E-state index < -0.39 is 15.8 Å². The molecule has 0 spiro atoms. The van der Waals surface area contributed by atoms with Crippen LogP contribution in [0.2, 0.25) is 0 Å². The molecule has 0 fully saturated rings. The minimum absolute atomic E-state index is 0.00229. The van der Waals surface area contributed by atoms with Crippen molar-refractivity contribution >= 4 is 26.0 Å². The summed E-state index contributed by atoms with van der Waals surface area (Å²) >= 11 is 3.05. The Labute approximate surface area is 131 Å². The van der Waals surface area contributed by atoms with E-state index in [0.29, 0.717) is 6.54 Å². The van der Waals surface area contributed by atoms with Crippen LogP contribution < -0.4 is 10.5 Å². The summed E-state index contributed by atoms with van der Waals surface area (Å²) in [5, 5.41) is 0. The fourth-order valence-electron chi connectivity index (χ4n) is 1.74. The summed E-state index contributed by atoms with van der Waals surface area (Å²) in [6.07, 6.45) is 0. The number of nitrogens with one attached hydrogen (secondary N) is 1. The molecule has 2 rings (SSSR count). The SMILES string of the molecule is NCc1ccc(CNS(=O)(=O)c2ccc(F)cc2Br)cc1. The predicted octanol–water partition coefficient (Wildman–Crippen LogP) is 2.53. The maximum absolute atomic E-state index is 13.0. The molecule has 0 aliphatic rings. The van der Waals surface area contributed by atoms with Crippen LogP contribution >= 0.6 is 15.9 Å². The summed E-state index contributed by atoms with van der Waals surface area (Å²) in [6, 6.07) is 10.8. The highest BCUT2D eigenvalue weighted by atomic mass is 79.9. The molecule has 0 aliphatic carbocycles. The third-order valence-corrected chi connectivity index (χ3v) is 5.29. The van der Waals surface area contributed by atoms with E-state index in [0.717, 1.165) is 23.3 Å². The third kappa shape index (κ3) is 4.10. The number of halogens is 2. The van der Waals surface area contributed by atoms with Crippen LogP contribution in [0.3, 0.4) is 0 Å². The minimum Gasteiger partial charge on any atom is -0.326 e. The van der Waals surface area contributed by atoms with Crippen molar-refractivity contribution in [1.29, 1.82) is 0 Å². The van der Waals surface area contributed by atoms with E-state index in [1.807, 2.05) is 24.3 Å². The molecule has 0 atom stereocenters. The maximum Gasteiger partial charge on any atom is 0.241 e. The van der Waals surface area contributed by atoms with Gasteiger partial charge in [-0.3, -0.25) is 0 Å². The quantitative estimate of drug-likeness (QED) is 0.846. The minimum atomic E-state index is -3.71. The van der Waals surface area contributed by atoms with Gasteiger partial charge in [0.25, 0.3) is 0 Å². The zero-order valence-corrected chi connectivity index (χ0v) is 13.4. The summed E-state index contributed by atoms with van der Waals surface area (Å²) in [7, 11) is -3.71. The molecule has 2 aromatic carbocycles. The van der Waals surface area contributed by atoms with E-state index in [4.69, 9.17) is 5.73 Å². The van der Waals surface area contributed by atoms with Crippen LogP contribution in [-0.4, -0.2) is 8.42 Å². The summed E-state index contributed by atoms with van der Waals surface area (Å²) in [4.78, 5) is 0.00229. The number of benzene rings is 2. The molecule has 0 bridgehead atoms. The Hall–Kier alpha value is -1.28. The van der Waals surface area contributed by atoms with Crippen molar-refractivity contribution in [2.24, 2.45) is 5.73 Å². The molecule has 0 amide bonds. The monoisotopic (exact) mass is 372 g/mol. The molecule has 0 heterocycles. The van der Waals surface area contributed by atoms with Crippen molar-refractivity contribution in [2.75, 3.05) is 0 Å². The first kappa shape index (κ1) is 16.1. The summed E-state index contributed by atoms with van der Waals surface area (Å²) < 4.78 is 40.0. The second-order valence-electron chi connectivity index (χ2n) is 4.42.